The van der Waals surface area contributed by atoms with Crippen molar-refractivity contribution in [2.75, 3.05) is 13.7 Å². The van der Waals surface area contributed by atoms with Crippen LogP contribution in [0.15, 0.2) is 55.1 Å². The molecule has 0 unspecified atom stereocenters. The quantitative estimate of drug-likeness (QED) is 0.795. The fourth-order valence-corrected chi connectivity index (χ4v) is 2.06. The summed E-state index contributed by atoms with van der Waals surface area (Å²) in [7, 11) is 1.52. The summed E-state index contributed by atoms with van der Waals surface area (Å²) >= 11 is 0. The fourth-order valence-electron chi connectivity index (χ4n) is 2.06. The SMILES string of the molecule is C=CCOc1ccc(C(=O)NCc2ccc(C#N)cc2)cc1OC. The number of carbonyl (C=O) groups is 1. The van der Waals surface area contributed by atoms with Gasteiger partial charge in [0.1, 0.15) is 6.61 Å². The summed E-state index contributed by atoms with van der Waals surface area (Å²) in [5.74, 6) is 0.830. The Morgan fingerprint density at radius 3 is 2.62 bits per heavy atom. The van der Waals surface area contributed by atoms with E-state index in [0.717, 1.165) is 5.56 Å². The molecule has 0 saturated heterocycles. The van der Waals surface area contributed by atoms with Gasteiger partial charge in [-0.1, -0.05) is 24.8 Å². The van der Waals surface area contributed by atoms with Crippen LogP contribution in [-0.2, 0) is 6.54 Å². The van der Waals surface area contributed by atoms with Crippen LogP contribution in [0, 0.1) is 11.3 Å². The lowest BCUT2D eigenvalue weighted by Gasteiger charge is -2.11. The third kappa shape index (κ3) is 4.37. The molecule has 122 valence electrons. The van der Waals surface area contributed by atoms with Gasteiger partial charge in [0.15, 0.2) is 11.5 Å². The summed E-state index contributed by atoms with van der Waals surface area (Å²) in [5.41, 5.74) is 1.98. The van der Waals surface area contributed by atoms with Gasteiger partial charge in [-0.15, -0.1) is 0 Å². The second kappa shape index (κ2) is 8.39. The Kier molecular flexibility index (Phi) is 5.98. The Bertz CT molecular complexity index is 761. The number of amides is 1. The van der Waals surface area contributed by atoms with Gasteiger partial charge in [0, 0.05) is 12.1 Å². The number of nitriles is 1. The molecule has 2 aromatic rings. The summed E-state index contributed by atoms with van der Waals surface area (Å²) in [4.78, 5) is 12.3. The Balaban J connectivity index is 2.03. The van der Waals surface area contributed by atoms with E-state index in [4.69, 9.17) is 14.7 Å². The zero-order chi connectivity index (χ0) is 17.4. The minimum Gasteiger partial charge on any atom is -0.493 e. The zero-order valence-electron chi connectivity index (χ0n) is 13.4. The number of hydrogen-bond acceptors (Lipinski definition) is 4. The van der Waals surface area contributed by atoms with E-state index in [1.807, 2.05) is 12.1 Å². The Hall–Kier alpha value is -3.26. The Morgan fingerprint density at radius 2 is 2.00 bits per heavy atom. The van der Waals surface area contributed by atoms with E-state index in [1.165, 1.54) is 7.11 Å². The van der Waals surface area contributed by atoms with Crippen molar-refractivity contribution in [3.05, 3.63) is 71.8 Å². The number of benzene rings is 2. The molecule has 1 amide bonds. The van der Waals surface area contributed by atoms with Crippen LogP contribution in [0.2, 0.25) is 0 Å². The maximum absolute atomic E-state index is 12.3. The van der Waals surface area contributed by atoms with Gasteiger partial charge >= 0.3 is 0 Å². The molecule has 5 nitrogen and oxygen atoms in total. The smallest absolute Gasteiger partial charge is 0.251 e. The van der Waals surface area contributed by atoms with Gasteiger partial charge in [-0.2, -0.15) is 5.26 Å². The second-order valence-corrected chi connectivity index (χ2v) is 4.96. The van der Waals surface area contributed by atoms with Crippen molar-refractivity contribution in [1.82, 2.24) is 5.32 Å². The highest BCUT2D eigenvalue weighted by molar-refractivity contribution is 5.94. The van der Waals surface area contributed by atoms with E-state index in [9.17, 15) is 4.79 Å². The average Bonchev–Trinajstić information content (AvgIpc) is 2.64. The molecule has 24 heavy (non-hydrogen) atoms. The molecular weight excluding hydrogens is 304 g/mol. The molecule has 5 heteroatoms. The number of nitrogens with zero attached hydrogens (tertiary/aromatic N) is 1. The Labute approximate surface area is 141 Å². The summed E-state index contributed by atoms with van der Waals surface area (Å²) in [6, 6.07) is 14.1. The predicted octanol–water partition coefficient (Wildman–Crippen LogP) is 3.06. The monoisotopic (exact) mass is 322 g/mol. The molecule has 0 aliphatic rings. The lowest BCUT2D eigenvalue weighted by atomic mass is 10.1. The van der Waals surface area contributed by atoms with Gasteiger partial charge in [-0.25, -0.2) is 0 Å². The first-order chi connectivity index (χ1) is 11.7. The van der Waals surface area contributed by atoms with Crippen LogP contribution in [0.25, 0.3) is 0 Å². The van der Waals surface area contributed by atoms with Crippen LogP contribution in [0.4, 0.5) is 0 Å². The molecule has 0 heterocycles. The van der Waals surface area contributed by atoms with Gasteiger partial charge < -0.3 is 14.8 Å². The summed E-state index contributed by atoms with van der Waals surface area (Å²) in [5, 5.41) is 11.6. The van der Waals surface area contributed by atoms with Crippen molar-refractivity contribution in [2.45, 2.75) is 6.54 Å². The minimum atomic E-state index is -0.215. The number of nitrogens with one attached hydrogen (secondary N) is 1. The van der Waals surface area contributed by atoms with E-state index < -0.39 is 0 Å². The molecule has 0 atom stereocenters. The van der Waals surface area contributed by atoms with E-state index >= 15 is 0 Å². The first kappa shape index (κ1) is 17.1. The molecule has 0 aliphatic carbocycles. The van der Waals surface area contributed by atoms with Crippen molar-refractivity contribution in [2.24, 2.45) is 0 Å². The molecule has 0 bridgehead atoms. The van der Waals surface area contributed by atoms with Gasteiger partial charge in [-0.05, 0) is 35.9 Å². The number of ether oxygens (including phenoxy) is 2. The van der Waals surface area contributed by atoms with Crippen molar-refractivity contribution >= 4 is 5.91 Å². The lowest BCUT2D eigenvalue weighted by molar-refractivity contribution is 0.0950. The third-order valence-corrected chi connectivity index (χ3v) is 3.32. The lowest BCUT2D eigenvalue weighted by Crippen LogP contribution is -2.22. The minimum absolute atomic E-state index is 0.215. The number of carbonyl (C=O) groups excluding carboxylic acids is 1. The maximum atomic E-state index is 12.3. The average molecular weight is 322 g/mol. The highest BCUT2D eigenvalue weighted by Gasteiger charge is 2.11. The van der Waals surface area contributed by atoms with Crippen molar-refractivity contribution in [3.8, 4) is 17.6 Å². The van der Waals surface area contributed by atoms with Crippen LogP contribution in [0.3, 0.4) is 0 Å². The van der Waals surface area contributed by atoms with Gasteiger partial charge in [0.05, 0.1) is 18.7 Å². The molecular formula is C19H18N2O3. The van der Waals surface area contributed by atoms with E-state index in [-0.39, 0.29) is 5.91 Å². The standard InChI is InChI=1S/C19H18N2O3/c1-3-10-24-17-9-8-16(11-18(17)23-2)19(22)21-13-15-6-4-14(12-20)5-7-15/h3-9,11H,1,10,13H2,2H3,(H,21,22). The van der Waals surface area contributed by atoms with Gasteiger partial charge in [-0.3, -0.25) is 4.79 Å². The predicted molar refractivity (Wildman–Crippen MR) is 91.0 cm³/mol. The van der Waals surface area contributed by atoms with Crippen molar-refractivity contribution in [3.63, 3.8) is 0 Å². The maximum Gasteiger partial charge on any atom is 0.251 e. The van der Waals surface area contributed by atoms with E-state index in [0.29, 0.717) is 35.8 Å². The van der Waals surface area contributed by atoms with Crippen LogP contribution in [-0.4, -0.2) is 19.6 Å². The fraction of sp³-hybridized carbons (Fsp3) is 0.158. The van der Waals surface area contributed by atoms with E-state index in [1.54, 1.807) is 36.4 Å². The molecule has 2 rings (SSSR count). The molecule has 0 spiro atoms. The topological polar surface area (TPSA) is 71.3 Å². The van der Waals surface area contributed by atoms with Crippen LogP contribution < -0.4 is 14.8 Å². The largest absolute Gasteiger partial charge is 0.493 e. The summed E-state index contributed by atoms with van der Waals surface area (Å²) in [6.45, 7) is 4.33. The van der Waals surface area contributed by atoms with Crippen molar-refractivity contribution < 1.29 is 14.3 Å². The molecule has 0 aromatic heterocycles. The molecule has 0 aliphatic heterocycles. The van der Waals surface area contributed by atoms with Crippen LogP contribution in [0.1, 0.15) is 21.5 Å². The first-order valence-electron chi connectivity index (χ1n) is 7.37. The summed E-state index contributed by atoms with van der Waals surface area (Å²) < 4.78 is 10.7. The van der Waals surface area contributed by atoms with Crippen LogP contribution in [0.5, 0.6) is 11.5 Å². The zero-order valence-corrected chi connectivity index (χ0v) is 13.4. The highest BCUT2D eigenvalue weighted by atomic mass is 16.5. The first-order valence-corrected chi connectivity index (χ1v) is 7.37. The normalized spacial score (nSPS) is 9.67. The second-order valence-electron chi connectivity index (χ2n) is 4.96. The molecule has 0 radical (unpaired) electrons. The number of hydrogen-bond donors (Lipinski definition) is 1. The van der Waals surface area contributed by atoms with Crippen molar-refractivity contribution in [1.29, 1.82) is 5.26 Å². The Morgan fingerprint density at radius 1 is 1.25 bits per heavy atom. The van der Waals surface area contributed by atoms with E-state index in [2.05, 4.69) is 18.0 Å². The molecule has 2 aromatic carbocycles. The van der Waals surface area contributed by atoms with Gasteiger partial charge in [0.25, 0.3) is 5.91 Å². The third-order valence-electron chi connectivity index (χ3n) is 3.32. The molecule has 0 saturated carbocycles. The van der Waals surface area contributed by atoms with Crippen LogP contribution >= 0.6 is 0 Å². The highest BCUT2D eigenvalue weighted by Crippen LogP contribution is 2.28. The number of methoxy groups -OCH3 is 1. The van der Waals surface area contributed by atoms with Gasteiger partial charge in [0.2, 0.25) is 0 Å². The number of rotatable bonds is 7. The summed E-state index contributed by atoms with van der Waals surface area (Å²) in [6.07, 6.45) is 1.64. The molecule has 0 fully saturated rings. The molecule has 1 N–H and O–H groups in total.